The summed E-state index contributed by atoms with van der Waals surface area (Å²) in [6, 6.07) is 16.2. The van der Waals surface area contributed by atoms with Crippen molar-refractivity contribution in [2.75, 3.05) is 12.4 Å². The number of hydrogen-bond donors (Lipinski definition) is 0. The number of hydrogen-bond acceptors (Lipinski definition) is 4. The average Bonchev–Trinajstić information content (AvgIpc) is 3.01. The quantitative estimate of drug-likeness (QED) is 0.493. The molecule has 0 aliphatic rings. The van der Waals surface area contributed by atoms with Crippen LogP contribution in [0.1, 0.15) is 26.7 Å². The Labute approximate surface area is 167 Å². The zero-order valence-corrected chi connectivity index (χ0v) is 17.3. The highest BCUT2D eigenvalue weighted by Crippen LogP contribution is 2.28. The first kappa shape index (κ1) is 19.7. The van der Waals surface area contributed by atoms with Gasteiger partial charge in [0.2, 0.25) is 5.91 Å². The molecule has 0 atom stereocenters. The van der Waals surface area contributed by atoms with Crippen molar-refractivity contribution in [2.24, 2.45) is 4.99 Å². The number of ether oxygens (including phenoxy) is 1. The number of benzene rings is 2. The first-order chi connectivity index (χ1) is 13.2. The standard InChI is InChI=1S/C21H24N2O2S2/c1-3-14-23-20-17(25-4-2)11-8-12-18(20)27-21(23)22-19(24)13-15-26-16-9-6-5-7-10-16/h5-12H,3-4,13-15H2,1-2H3. The molecule has 0 radical (unpaired) electrons. The van der Waals surface area contributed by atoms with Crippen LogP contribution in [-0.2, 0) is 11.3 Å². The highest BCUT2D eigenvalue weighted by molar-refractivity contribution is 7.99. The van der Waals surface area contributed by atoms with Gasteiger partial charge in [-0.3, -0.25) is 4.79 Å². The van der Waals surface area contributed by atoms with Crippen LogP contribution >= 0.6 is 23.1 Å². The lowest BCUT2D eigenvalue weighted by Gasteiger charge is -2.08. The van der Waals surface area contributed by atoms with Crippen molar-refractivity contribution in [3.05, 3.63) is 53.3 Å². The number of aryl methyl sites for hydroxylation is 1. The number of rotatable bonds is 8. The minimum Gasteiger partial charge on any atom is -0.492 e. The molecule has 6 heteroatoms. The van der Waals surface area contributed by atoms with Gasteiger partial charge in [0.1, 0.15) is 11.3 Å². The number of aromatic nitrogens is 1. The van der Waals surface area contributed by atoms with Gasteiger partial charge in [-0.2, -0.15) is 4.99 Å². The summed E-state index contributed by atoms with van der Waals surface area (Å²) in [5, 5.41) is 0. The Bertz CT molecular complexity index is 961. The summed E-state index contributed by atoms with van der Waals surface area (Å²) in [5.74, 6) is 1.51. The molecule has 3 rings (SSSR count). The number of nitrogens with zero attached hydrogens (tertiary/aromatic N) is 2. The van der Waals surface area contributed by atoms with Gasteiger partial charge in [0.05, 0.1) is 11.3 Å². The molecule has 1 amide bonds. The van der Waals surface area contributed by atoms with Crippen LogP contribution in [0.4, 0.5) is 0 Å². The fraction of sp³-hybridized carbons (Fsp3) is 0.333. The molecule has 3 aromatic rings. The summed E-state index contributed by atoms with van der Waals surface area (Å²) < 4.78 is 9.01. The van der Waals surface area contributed by atoms with E-state index in [1.807, 2.05) is 37.3 Å². The Morgan fingerprint density at radius 3 is 2.70 bits per heavy atom. The first-order valence-electron chi connectivity index (χ1n) is 9.23. The molecule has 0 spiro atoms. The molecule has 27 heavy (non-hydrogen) atoms. The van der Waals surface area contributed by atoms with Gasteiger partial charge in [0.15, 0.2) is 4.80 Å². The third-order valence-corrected chi connectivity index (χ3v) is 6.02. The molecule has 4 nitrogen and oxygen atoms in total. The molecule has 0 saturated carbocycles. The minimum absolute atomic E-state index is 0.0761. The molecular formula is C21H24N2O2S2. The molecule has 0 unspecified atom stereocenters. The van der Waals surface area contributed by atoms with Gasteiger partial charge in [0, 0.05) is 23.6 Å². The molecule has 0 N–H and O–H groups in total. The molecular weight excluding hydrogens is 376 g/mol. The maximum Gasteiger partial charge on any atom is 0.249 e. The smallest absolute Gasteiger partial charge is 0.249 e. The molecule has 1 heterocycles. The summed E-state index contributed by atoms with van der Waals surface area (Å²) in [6.07, 6.45) is 1.40. The lowest BCUT2D eigenvalue weighted by atomic mass is 10.3. The molecule has 0 aliphatic carbocycles. The van der Waals surface area contributed by atoms with Gasteiger partial charge in [-0.15, -0.1) is 11.8 Å². The molecule has 142 valence electrons. The largest absolute Gasteiger partial charge is 0.492 e. The van der Waals surface area contributed by atoms with Gasteiger partial charge in [0.25, 0.3) is 0 Å². The Hall–Kier alpha value is -2.05. The summed E-state index contributed by atoms with van der Waals surface area (Å²) in [4.78, 5) is 18.8. The third kappa shape index (κ3) is 5.02. The van der Waals surface area contributed by atoms with E-state index in [4.69, 9.17) is 4.74 Å². The Morgan fingerprint density at radius 2 is 1.96 bits per heavy atom. The summed E-state index contributed by atoms with van der Waals surface area (Å²) >= 11 is 3.23. The van der Waals surface area contributed by atoms with Gasteiger partial charge in [-0.25, -0.2) is 0 Å². The zero-order chi connectivity index (χ0) is 19.1. The predicted octanol–water partition coefficient (Wildman–Crippen LogP) is 5.12. The maximum atomic E-state index is 12.4. The van der Waals surface area contributed by atoms with Crippen molar-refractivity contribution >= 4 is 39.2 Å². The van der Waals surface area contributed by atoms with E-state index < -0.39 is 0 Å². The number of para-hydroxylation sites is 1. The predicted molar refractivity (Wildman–Crippen MR) is 114 cm³/mol. The topological polar surface area (TPSA) is 43.6 Å². The highest BCUT2D eigenvalue weighted by Gasteiger charge is 2.12. The lowest BCUT2D eigenvalue weighted by Crippen LogP contribution is -2.17. The van der Waals surface area contributed by atoms with Crippen molar-refractivity contribution in [1.82, 2.24) is 4.57 Å². The molecule has 0 fully saturated rings. The number of carbonyl (C=O) groups excluding carboxylic acids is 1. The number of thiazole rings is 1. The number of amides is 1. The van der Waals surface area contributed by atoms with Crippen molar-refractivity contribution in [3.8, 4) is 5.75 Å². The van der Waals surface area contributed by atoms with E-state index >= 15 is 0 Å². The summed E-state index contributed by atoms with van der Waals surface area (Å²) in [5.41, 5.74) is 1.04. The second-order valence-electron chi connectivity index (χ2n) is 5.99. The number of thioether (sulfide) groups is 1. The second-order valence-corrected chi connectivity index (χ2v) is 8.17. The van der Waals surface area contributed by atoms with E-state index in [2.05, 4.69) is 34.7 Å². The fourth-order valence-corrected chi connectivity index (χ4v) is 4.77. The molecule has 0 bridgehead atoms. The first-order valence-corrected chi connectivity index (χ1v) is 11.0. The Morgan fingerprint density at radius 1 is 1.15 bits per heavy atom. The molecule has 0 saturated heterocycles. The normalized spacial score (nSPS) is 11.9. The summed E-state index contributed by atoms with van der Waals surface area (Å²) in [6.45, 7) is 5.54. The van der Waals surface area contributed by atoms with E-state index in [9.17, 15) is 4.79 Å². The van der Waals surface area contributed by atoms with Gasteiger partial charge < -0.3 is 9.30 Å². The lowest BCUT2D eigenvalue weighted by molar-refractivity contribution is -0.117. The second kappa shape index (κ2) is 9.76. The zero-order valence-electron chi connectivity index (χ0n) is 15.7. The maximum absolute atomic E-state index is 12.4. The SMILES string of the molecule is CCCn1c(=NC(=O)CCSc2ccccc2)sc2cccc(OCC)c21. The van der Waals surface area contributed by atoms with Crippen LogP contribution in [0.2, 0.25) is 0 Å². The van der Waals surface area contributed by atoms with E-state index in [1.54, 1.807) is 23.1 Å². The van der Waals surface area contributed by atoms with Crippen LogP contribution < -0.4 is 9.54 Å². The van der Waals surface area contributed by atoms with Gasteiger partial charge in [-0.05, 0) is 37.6 Å². The summed E-state index contributed by atoms with van der Waals surface area (Å²) in [7, 11) is 0. The van der Waals surface area contributed by atoms with Crippen LogP contribution in [0, 0.1) is 0 Å². The van der Waals surface area contributed by atoms with E-state index in [-0.39, 0.29) is 5.91 Å². The van der Waals surface area contributed by atoms with Crippen molar-refractivity contribution in [1.29, 1.82) is 0 Å². The number of fused-ring (bicyclic) bond motifs is 1. The van der Waals surface area contributed by atoms with Crippen LogP contribution in [0.15, 0.2) is 58.4 Å². The number of carbonyl (C=O) groups is 1. The van der Waals surface area contributed by atoms with Crippen molar-refractivity contribution in [2.45, 2.75) is 38.1 Å². The molecule has 0 aliphatic heterocycles. The van der Waals surface area contributed by atoms with E-state index in [0.29, 0.717) is 13.0 Å². The molecule has 1 aromatic heterocycles. The Balaban J connectivity index is 1.82. The van der Waals surface area contributed by atoms with Crippen LogP contribution in [0.5, 0.6) is 5.75 Å². The van der Waals surface area contributed by atoms with Crippen molar-refractivity contribution in [3.63, 3.8) is 0 Å². The monoisotopic (exact) mass is 400 g/mol. The van der Waals surface area contributed by atoms with Crippen LogP contribution in [-0.4, -0.2) is 22.8 Å². The average molecular weight is 401 g/mol. The van der Waals surface area contributed by atoms with Crippen LogP contribution in [0.25, 0.3) is 10.2 Å². The van der Waals surface area contributed by atoms with E-state index in [0.717, 1.165) is 39.5 Å². The van der Waals surface area contributed by atoms with Gasteiger partial charge >= 0.3 is 0 Å². The minimum atomic E-state index is -0.0761. The van der Waals surface area contributed by atoms with Crippen LogP contribution in [0.3, 0.4) is 0 Å². The fourth-order valence-electron chi connectivity index (χ4n) is 2.82. The van der Waals surface area contributed by atoms with Gasteiger partial charge in [-0.1, -0.05) is 42.5 Å². The Kier molecular flexibility index (Phi) is 7.12. The van der Waals surface area contributed by atoms with Crippen molar-refractivity contribution < 1.29 is 9.53 Å². The van der Waals surface area contributed by atoms with E-state index in [1.165, 1.54) is 4.90 Å². The third-order valence-electron chi connectivity index (χ3n) is 3.96. The molecule has 2 aromatic carbocycles. The highest BCUT2D eigenvalue weighted by atomic mass is 32.2.